The Morgan fingerprint density at radius 2 is 1.19 bits per heavy atom. The molecule has 1 heterocycles. The molecule has 2 aromatic carbocycles. The van der Waals surface area contributed by atoms with Crippen molar-refractivity contribution in [2.24, 2.45) is 0 Å². The van der Waals surface area contributed by atoms with E-state index in [1.54, 1.807) is 0 Å². The molecule has 0 N–H and O–H groups in total. The normalized spacial score (nSPS) is 27.2. The fourth-order valence-electron chi connectivity index (χ4n) is 3.57. The van der Waals surface area contributed by atoms with E-state index in [1.165, 1.54) is 29.6 Å². The Morgan fingerprint density at radius 3 is 1.67 bits per heavy atom. The van der Waals surface area contributed by atoms with E-state index >= 15 is 0 Å². The number of benzene rings is 2. The summed E-state index contributed by atoms with van der Waals surface area (Å²) in [5, 5.41) is 2.46. The summed E-state index contributed by atoms with van der Waals surface area (Å²) >= 11 is 0. The van der Waals surface area contributed by atoms with Crippen molar-refractivity contribution in [3.8, 4) is 0 Å². The van der Waals surface area contributed by atoms with Gasteiger partial charge in [0, 0.05) is 0 Å². The highest BCUT2D eigenvalue weighted by Crippen LogP contribution is 2.33. The first kappa shape index (κ1) is 13.3. The molecule has 2 bridgehead atoms. The van der Waals surface area contributed by atoms with Gasteiger partial charge in [0.05, 0.1) is 12.2 Å². The summed E-state index contributed by atoms with van der Waals surface area (Å²) < 4.78 is 13.3. The van der Waals surface area contributed by atoms with Crippen LogP contribution in [0.3, 0.4) is 0 Å². The summed E-state index contributed by atoms with van der Waals surface area (Å²) in [6.45, 7) is 0. The van der Waals surface area contributed by atoms with Crippen LogP contribution in [0.15, 0.2) is 60.7 Å². The highest BCUT2D eigenvalue weighted by Gasteiger charge is 2.50. The van der Waals surface area contributed by atoms with Crippen LogP contribution in [-0.2, 0) is 8.85 Å². The Balaban J connectivity index is 1.83. The molecule has 21 heavy (non-hydrogen) atoms. The quantitative estimate of drug-likeness (QED) is 0.793. The Hall–Kier alpha value is -1.42. The van der Waals surface area contributed by atoms with Gasteiger partial charge in [0.2, 0.25) is 0 Å². The second-order valence-corrected chi connectivity index (χ2v) is 8.85. The zero-order valence-corrected chi connectivity index (χ0v) is 13.1. The van der Waals surface area contributed by atoms with Gasteiger partial charge in [-0.05, 0) is 36.1 Å². The minimum absolute atomic E-state index is 0.365. The second-order valence-electron chi connectivity index (χ2n) is 5.99. The zero-order chi connectivity index (χ0) is 14.1. The average Bonchev–Trinajstić information content (AvgIpc) is 2.56. The number of hydrogen-bond acceptors (Lipinski definition) is 2. The molecule has 2 aromatic rings. The van der Waals surface area contributed by atoms with E-state index in [0.29, 0.717) is 12.2 Å². The van der Waals surface area contributed by atoms with Crippen LogP contribution in [0.1, 0.15) is 25.7 Å². The van der Waals surface area contributed by atoms with E-state index < -0.39 is 8.56 Å². The van der Waals surface area contributed by atoms with E-state index in [9.17, 15) is 0 Å². The van der Waals surface area contributed by atoms with E-state index in [1.807, 2.05) is 0 Å². The molecule has 3 heteroatoms. The standard InChI is InChI=1S/C18H20O2Si/c1-3-10-17(11-4-1)21(18-12-5-2-6-13-18)19-15-8-7-9-16(14-15)20-21/h1-6,10-13,15-16H,7-9,14H2. The van der Waals surface area contributed by atoms with Gasteiger partial charge in [-0.15, -0.1) is 0 Å². The summed E-state index contributed by atoms with van der Waals surface area (Å²) in [6, 6.07) is 21.1. The largest absolute Gasteiger partial charge is 0.407 e. The number of rotatable bonds is 2. The fraction of sp³-hybridized carbons (Fsp3) is 0.333. The molecule has 4 rings (SSSR count). The van der Waals surface area contributed by atoms with Crippen LogP contribution in [0.2, 0.25) is 0 Å². The van der Waals surface area contributed by atoms with Gasteiger partial charge >= 0.3 is 8.56 Å². The lowest BCUT2D eigenvalue weighted by Gasteiger charge is -2.46. The molecule has 0 radical (unpaired) electrons. The highest BCUT2D eigenvalue weighted by atomic mass is 28.4. The smallest absolute Gasteiger partial charge is 0.384 e. The molecule has 2 atom stereocenters. The number of fused-ring (bicyclic) bond motifs is 2. The summed E-state index contributed by atoms with van der Waals surface area (Å²) in [5.74, 6) is 0. The van der Waals surface area contributed by atoms with Crippen molar-refractivity contribution in [2.45, 2.75) is 37.9 Å². The average molecular weight is 296 g/mol. The lowest BCUT2D eigenvalue weighted by Crippen LogP contribution is -2.69. The van der Waals surface area contributed by atoms with Gasteiger partial charge in [0.25, 0.3) is 0 Å². The molecule has 1 saturated carbocycles. The molecule has 2 nitrogen and oxygen atoms in total. The molecule has 0 aromatic heterocycles. The first-order chi connectivity index (χ1) is 10.4. The third kappa shape index (κ3) is 2.35. The molecule has 2 unspecified atom stereocenters. The molecule has 1 saturated heterocycles. The van der Waals surface area contributed by atoms with Crippen LogP contribution in [-0.4, -0.2) is 20.8 Å². The highest BCUT2D eigenvalue weighted by molar-refractivity contribution is 6.92. The van der Waals surface area contributed by atoms with Crippen molar-refractivity contribution in [1.29, 1.82) is 0 Å². The molecule has 1 aliphatic carbocycles. The molecule has 108 valence electrons. The van der Waals surface area contributed by atoms with Crippen LogP contribution >= 0.6 is 0 Å². The minimum Gasteiger partial charge on any atom is -0.384 e. The molecule has 0 spiro atoms. The molecular weight excluding hydrogens is 276 g/mol. The summed E-state index contributed by atoms with van der Waals surface area (Å²) in [6.07, 6.45) is 5.37. The lowest BCUT2D eigenvalue weighted by molar-refractivity contribution is -0.0197. The van der Waals surface area contributed by atoms with Gasteiger partial charge in [-0.25, -0.2) is 0 Å². The third-order valence-electron chi connectivity index (χ3n) is 4.55. The van der Waals surface area contributed by atoms with Gasteiger partial charge < -0.3 is 8.85 Å². The van der Waals surface area contributed by atoms with Gasteiger partial charge in [0.15, 0.2) is 0 Å². The third-order valence-corrected chi connectivity index (χ3v) is 8.07. The molecule has 2 aliphatic rings. The van der Waals surface area contributed by atoms with E-state index in [0.717, 1.165) is 6.42 Å². The van der Waals surface area contributed by atoms with Crippen LogP contribution in [0.25, 0.3) is 0 Å². The fourth-order valence-corrected chi connectivity index (χ4v) is 7.13. The molecule has 1 aliphatic heterocycles. The van der Waals surface area contributed by atoms with Gasteiger partial charge in [-0.1, -0.05) is 60.7 Å². The molecule has 0 amide bonds. The summed E-state index contributed by atoms with van der Waals surface area (Å²) in [7, 11) is -2.53. The maximum Gasteiger partial charge on any atom is 0.407 e. The van der Waals surface area contributed by atoms with Gasteiger partial charge in [-0.3, -0.25) is 0 Å². The van der Waals surface area contributed by atoms with Crippen molar-refractivity contribution >= 4 is 18.9 Å². The molecular formula is C18H20O2Si. The molecule has 2 fully saturated rings. The SMILES string of the molecule is c1ccc([Si]2(c3ccccc3)OC3CCCC(C3)O2)cc1. The van der Waals surface area contributed by atoms with Crippen molar-refractivity contribution in [3.05, 3.63) is 60.7 Å². The summed E-state index contributed by atoms with van der Waals surface area (Å²) in [4.78, 5) is 0. The van der Waals surface area contributed by atoms with E-state index in [2.05, 4.69) is 60.7 Å². The monoisotopic (exact) mass is 296 g/mol. The Kier molecular flexibility index (Phi) is 3.41. The summed E-state index contributed by atoms with van der Waals surface area (Å²) in [5.41, 5.74) is 0. The van der Waals surface area contributed by atoms with Crippen LogP contribution in [0.5, 0.6) is 0 Å². The van der Waals surface area contributed by atoms with Crippen molar-refractivity contribution < 1.29 is 8.85 Å². The van der Waals surface area contributed by atoms with Crippen molar-refractivity contribution in [1.82, 2.24) is 0 Å². The van der Waals surface area contributed by atoms with Crippen LogP contribution < -0.4 is 10.4 Å². The Labute approximate surface area is 127 Å². The van der Waals surface area contributed by atoms with Crippen molar-refractivity contribution in [2.75, 3.05) is 0 Å². The van der Waals surface area contributed by atoms with E-state index in [4.69, 9.17) is 8.85 Å². The van der Waals surface area contributed by atoms with Gasteiger partial charge in [-0.2, -0.15) is 0 Å². The first-order valence-corrected chi connectivity index (χ1v) is 9.65. The number of hydrogen-bond donors (Lipinski definition) is 0. The van der Waals surface area contributed by atoms with Crippen LogP contribution in [0, 0.1) is 0 Å². The van der Waals surface area contributed by atoms with Crippen molar-refractivity contribution in [3.63, 3.8) is 0 Å². The predicted octanol–water partition coefficient (Wildman–Crippen LogP) is 2.60. The lowest BCUT2D eigenvalue weighted by atomic mass is 9.95. The maximum absolute atomic E-state index is 6.63. The predicted molar refractivity (Wildman–Crippen MR) is 86.1 cm³/mol. The van der Waals surface area contributed by atoms with Gasteiger partial charge in [0.1, 0.15) is 0 Å². The maximum atomic E-state index is 6.63. The first-order valence-electron chi connectivity index (χ1n) is 7.83. The topological polar surface area (TPSA) is 18.5 Å². The second kappa shape index (κ2) is 5.41. The Bertz CT molecular complexity index is 546. The van der Waals surface area contributed by atoms with E-state index in [-0.39, 0.29) is 0 Å². The minimum atomic E-state index is -2.53. The zero-order valence-electron chi connectivity index (χ0n) is 12.1. The van der Waals surface area contributed by atoms with Crippen LogP contribution in [0.4, 0.5) is 0 Å². The Morgan fingerprint density at radius 1 is 0.714 bits per heavy atom.